The van der Waals surface area contributed by atoms with Crippen molar-refractivity contribution in [2.24, 2.45) is 5.73 Å². The number of hydrogen-bond acceptors (Lipinski definition) is 3. The Balaban J connectivity index is 2.80. The van der Waals surface area contributed by atoms with Crippen molar-refractivity contribution in [1.29, 1.82) is 0 Å². The summed E-state index contributed by atoms with van der Waals surface area (Å²) in [5, 5.41) is -0.878. The number of nitrogens with zero attached hydrogens (tertiary/aromatic N) is 1. The largest absolute Gasteiger partial charge is 0.443 e. The maximum Gasteiger partial charge on any atom is 0.443 e. The first-order valence-corrected chi connectivity index (χ1v) is 5.05. The molecule has 82 valence electrons. The summed E-state index contributed by atoms with van der Waals surface area (Å²) in [6, 6.07) is -0.304. The van der Waals surface area contributed by atoms with Crippen LogP contribution in [-0.2, 0) is 6.18 Å². The molecule has 1 unspecified atom stereocenters. The van der Waals surface area contributed by atoms with Crippen molar-refractivity contribution in [2.45, 2.75) is 25.6 Å². The predicted molar refractivity (Wildman–Crippen MR) is 52.3 cm³/mol. The molecule has 2 N–H and O–H groups in total. The van der Waals surface area contributed by atoms with Crippen LogP contribution in [0.3, 0.4) is 0 Å². The maximum atomic E-state index is 12.1. The summed E-state index contributed by atoms with van der Waals surface area (Å²) >= 11 is 0.527. The minimum Gasteiger partial charge on any atom is -0.318 e. The summed E-state index contributed by atoms with van der Waals surface area (Å²) in [5.74, 6) is 5.21. The fourth-order valence-electron chi connectivity index (χ4n) is 0.729. The minimum absolute atomic E-state index is 0.284. The molecule has 0 aromatic carbocycles. The van der Waals surface area contributed by atoms with Gasteiger partial charge in [0.25, 0.3) is 0 Å². The number of nitrogens with two attached hydrogens (primary N) is 1. The molecule has 0 fully saturated rings. The zero-order valence-electron chi connectivity index (χ0n) is 7.93. The number of rotatable bonds is 1. The van der Waals surface area contributed by atoms with E-state index in [9.17, 15) is 13.2 Å². The Kier molecular flexibility index (Phi) is 3.72. The monoisotopic (exact) mass is 234 g/mol. The highest BCUT2D eigenvalue weighted by molar-refractivity contribution is 7.12. The van der Waals surface area contributed by atoms with Gasteiger partial charge in [0.15, 0.2) is 5.01 Å². The van der Waals surface area contributed by atoms with Crippen LogP contribution in [0.25, 0.3) is 0 Å². The van der Waals surface area contributed by atoms with Crippen molar-refractivity contribution in [3.05, 3.63) is 16.1 Å². The summed E-state index contributed by atoms with van der Waals surface area (Å²) in [6.45, 7) is 1.85. The van der Waals surface area contributed by atoms with Crippen LogP contribution < -0.4 is 5.73 Å². The lowest BCUT2D eigenvalue weighted by Crippen LogP contribution is -2.15. The van der Waals surface area contributed by atoms with Gasteiger partial charge in [-0.2, -0.15) is 13.2 Å². The third-order valence-corrected chi connectivity index (χ3v) is 2.53. The van der Waals surface area contributed by atoms with E-state index in [-0.39, 0.29) is 10.9 Å². The first kappa shape index (κ1) is 12.0. The van der Waals surface area contributed by atoms with Gasteiger partial charge >= 0.3 is 6.18 Å². The van der Waals surface area contributed by atoms with E-state index in [0.717, 1.165) is 6.20 Å². The fraction of sp³-hybridized carbons (Fsp3) is 0.444. The summed E-state index contributed by atoms with van der Waals surface area (Å²) in [6.07, 6.45) is -2.61. The first-order chi connectivity index (χ1) is 6.93. The molecule has 1 aromatic rings. The van der Waals surface area contributed by atoms with Crippen molar-refractivity contribution in [1.82, 2.24) is 4.98 Å². The molecule has 0 aliphatic heterocycles. The Bertz CT molecular complexity index is 386. The molecule has 6 heteroatoms. The SMILES string of the molecule is CCC(N)C#Cc1cnc(C(F)(F)F)s1. The van der Waals surface area contributed by atoms with E-state index in [1.54, 1.807) is 0 Å². The van der Waals surface area contributed by atoms with Gasteiger partial charge in [0.1, 0.15) is 0 Å². The lowest BCUT2D eigenvalue weighted by Gasteiger charge is -1.98. The van der Waals surface area contributed by atoms with Crippen molar-refractivity contribution in [3.8, 4) is 11.8 Å². The summed E-state index contributed by atoms with van der Waals surface area (Å²) in [4.78, 5) is 3.52. The molecule has 0 amide bonds. The van der Waals surface area contributed by atoms with E-state index < -0.39 is 11.2 Å². The molecule has 15 heavy (non-hydrogen) atoms. The highest BCUT2D eigenvalue weighted by Crippen LogP contribution is 2.31. The second-order valence-corrected chi connectivity index (χ2v) is 3.84. The van der Waals surface area contributed by atoms with E-state index >= 15 is 0 Å². The molecule has 1 aromatic heterocycles. The maximum absolute atomic E-state index is 12.1. The van der Waals surface area contributed by atoms with Crippen molar-refractivity contribution in [2.75, 3.05) is 0 Å². The van der Waals surface area contributed by atoms with Crippen molar-refractivity contribution >= 4 is 11.3 Å². The van der Waals surface area contributed by atoms with E-state index in [2.05, 4.69) is 16.8 Å². The van der Waals surface area contributed by atoms with Crippen LogP contribution in [0.4, 0.5) is 13.2 Å². The van der Waals surface area contributed by atoms with Gasteiger partial charge in [0.05, 0.1) is 17.1 Å². The molecule has 0 spiro atoms. The van der Waals surface area contributed by atoms with Crippen LogP contribution in [0.2, 0.25) is 0 Å². The molecule has 0 saturated heterocycles. The second-order valence-electron chi connectivity index (χ2n) is 2.81. The number of thiazole rings is 1. The van der Waals surface area contributed by atoms with Crippen LogP contribution in [-0.4, -0.2) is 11.0 Å². The molecule has 0 aliphatic rings. The van der Waals surface area contributed by atoms with Gasteiger partial charge in [-0.15, -0.1) is 11.3 Å². The van der Waals surface area contributed by atoms with Crippen LogP contribution in [0.5, 0.6) is 0 Å². The molecule has 0 aliphatic carbocycles. The number of alkyl halides is 3. The highest BCUT2D eigenvalue weighted by atomic mass is 32.1. The van der Waals surface area contributed by atoms with E-state index in [1.807, 2.05) is 6.92 Å². The van der Waals surface area contributed by atoms with Crippen molar-refractivity contribution in [3.63, 3.8) is 0 Å². The second kappa shape index (κ2) is 4.64. The number of halogens is 3. The normalized spacial score (nSPS) is 13.1. The highest BCUT2D eigenvalue weighted by Gasteiger charge is 2.34. The third-order valence-electron chi connectivity index (χ3n) is 1.57. The average molecular weight is 234 g/mol. The number of hydrogen-bond donors (Lipinski definition) is 1. The van der Waals surface area contributed by atoms with Gasteiger partial charge in [-0.3, -0.25) is 0 Å². The third kappa shape index (κ3) is 3.53. The van der Waals surface area contributed by atoms with Crippen LogP contribution >= 0.6 is 11.3 Å². The zero-order valence-corrected chi connectivity index (χ0v) is 8.75. The molecule has 1 atom stereocenters. The number of aromatic nitrogens is 1. The van der Waals surface area contributed by atoms with Crippen LogP contribution in [0.1, 0.15) is 23.2 Å². The topological polar surface area (TPSA) is 38.9 Å². The molecule has 0 saturated carbocycles. The fourth-order valence-corrected chi connectivity index (χ4v) is 1.37. The summed E-state index contributed by atoms with van der Waals surface area (Å²) in [5.41, 5.74) is 5.50. The van der Waals surface area contributed by atoms with E-state index in [4.69, 9.17) is 5.73 Å². The van der Waals surface area contributed by atoms with Gasteiger partial charge in [-0.1, -0.05) is 18.8 Å². The Labute approximate surface area is 89.3 Å². The molecule has 0 radical (unpaired) electrons. The van der Waals surface area contributed by atoms with Gasteiger partial charge in [0, 0.05) is 0 Å². The average Bonchev–Trinajstić information content (AvgIpc) is 2.61. The smallest absolute Gasteiger partial charge is 0.318 e. The molecule has 2 nitrogen and oxygen atoms in total. The molecule has 0 bridgehead atoms. The van der Waals surface area contributed by atoms with Crippen molar-refractivity contribution < 1.29 is 13.2 Å². The summed E-state index contributed by atoms with van der Waals surface area (Å²) < 4.78 is 36.4. The zero-order chi connectivity index (χ0) is 11.5. The van der Waals surface area contributed by atoms with Gasteiger partial charge in [-0.25, -0.2) is 4.98 Å². The first-order valence-electron chi connectivity index (χ1n) is 4.23. The minimum atomic E-state index is -4.39. The lowest BCUT2D eigenvalue weighted by molar-refractivity contribution is -0.137. The quantitative estimate of drug-likeness (QED) is 0.757. The van der Waals surface area contributed by atoms with Gasteiger partial charge < -0.3 is 5.73 Å². The van der Waals surface area contributed by atoms with Gasteiger partial charge in [0.2, 0.25) is 0 Å². The molecular weight excluding hydrogens is 225 g/mol. The summed E-state index contributed by atoms with van der Waals surface area (Å²) in [7, 11) is 0. The Hall–Kier alpha value is -1.06. The Morgan fingerprint density at radius 2 is 2.27 bits per heavy atom. The van der Waals surface area contributed by atoms with E-state index in [0.29, 0.717) is 17.8 Å². The van der Waals surface area contributed by atoms with Gasteiger partial charge in [-0.05, 0) is 6.42 Å². The molecule has 1 rings (SSSR count). The lowest BCUT2D eigenvalue weighted by atomic mass is 10.2. The standard InChI is InChI=1S/C9H9F3N2S/c1-2-6(13)3-4-7-5-14-8(15-7)9(10,11)12/h5-6H,2,13H2,1H3. The molecule has 1 heterocycles. The Morgan fingerprint density at radius 1 is 1.60 bits per heavy atom. The Morgan fingerprint density at radius 3 is 2.73 bits per heavy atom. The molecular formula is C9H9F3N2S. The van der Waals surface area contributed by atoms with Crippen LogP contribution in [0.15, 0.2) is 6.20 Å². The van der Waals surface area contributed by atoms with Crippen LogP contribution in [0, 0.1) is 11.8 Å². The predicted octanol–water partition coefficient (Wildman–Crippen LogP) is 2.25. The van der Waals surface area contributed by atoms with E-state index in [1.165, 1.54) is 0 Å².